The van der Waals surface area contributed by atoms with E-state index in [2.05, 4.69) is 19.9 Å². The third-order valence-corrected chi connectivity index (χ3v) is 3.56. The molecule has 19 heavy (non-hydrogen) atoms. The molecule has 0 radical (unpaired) electrons. The van der Waals surface area contributed by atoms with Crippen molar-refractivity contribution in [3.05, 3.63) is 47.9 Å². The van der Waals surface area contributed by atoms with Crippen molar-refractivity contribution in [3.63, 3.8) is 0 Å². The van der Waals surface area contributed by atoms with E-state index in [1.807, 2.05) is 24.3 Å². The van der Waals surface area contributed by atoms with Crippen LogP contribution in [-0.4, -0.2) is 19.9 Å². The van der Waals surface area contributed by atoms with Gasteiger partial charge in [0.05, 0.1) is 11.7 Å². The molecule has 0 saturated carbocycles. The van der Waals surface area contributed by atoms with Crippen molar-refractivity contribution in [3.8, 4) is 0 Å². The Kier molecular flexibility index (Phi) is 3.27. The van der Waals surface area contributed by atoms with Crippen molar-refractivity contribution < 1.29 is 4.39 Å². The fourth-order valence-electron chi connectivity index (χ4n) is 1.56. The minimum absolute atomic E-state index is 0.00209. The monoisotopic (exact) mass is 292 g/mol. The van der Waals surface area contributed by atoms with Crippen molar-refractivity contribution in [1.82, 2.24) is 19.9 Å². The number of para-hydroxylation sites is 1. The van der Waals surface area contributed by atoms with Crippen LogP contribution >= 0.6 is 23.4 Å². The molecule has 0 amide bonds. The van der Waals surface area contributed by atoms with Gasteiger partial charge in [-0.1, -0.05) is 18.2 Å². The molecule has 3 rings (SSSR count). The van der Waals surface area contributed by atoms with Crippen LogP contribution in [0.2, 0.25) is 5.28 Å². The number of hydrogen-bond donors (Lipinski definition) is 0. The molecule has 0 unspecified atom stereocenters. The first-order valence-electron chi connectivity index (χ1n) is 5.29. The maximum Gasteiger partial charge on any atom is 0.223 e. The van der Waals surface area contributed by atoms with Crippen molar-refractivity contribution >= 4 is 34.3 Å². The van der Waals surface area contributed by atoms with Gasteiger partial charge in [-0.3, -0.25) is 0 Å². The summed E-state index contributed by atoms with van der Waals surface area (Å²) >= 11 is 6.76. The van der Waals surface area contributed by atoms with Gasteiger partial charge in [0.15, 0.2) is 5.82 Å². The summed E-state index contributed by atoms with van der Waals surface area (Å²) in [6.07, 6.45) is 2.48. The van der Waals surface area contributed by atoms with E-state index in [-0.39, 0.29) is 10.3 Å². The Bertz CT molecular complexity index is 747. The van der Waals surface area contributed by atoms with Crippen molar-refractivity contribution in [2.45, 2.75) is 10.1 Å². The molecule has 0 spiro atoms. The average molecular weight is 293 g/mol. The minimum Gasteiger partial charge on any atom is -0.236 e. The van der Waals surface area contributed by atoms with Gasteiger partial charge in [-0.25, -0.2) is 24.3 Å². The molecule has 0 atom stereocenters. The molecule has 2 heterocycles. The number of nitrogens with zero attached hydrogens (tertiary/aromatic N) is 4. The predicted molar refractivity (Wildman–Crippen MR) is 70.7 cm³/mol. The van der Waals surface area contributed by atoms with E-state index >= 15 is 0 Å². The summed E-state index contributed by atoms with van der Waals surface area (Å²) in [7, 11) is 0. The van der Waals surface area contributed by atoms with Crippen molar-refractivity contribution in [1.29, 1.82) is 0 Å². The Morgan fingerprint density at radius 1 is 1.05 bits per heavy atom. The zero-order chi connectivity index (χ0) is 13.2. The van der Waals surface area contributed by atoms with E-state index in [0.717, 1.165) is 28.9 Å². The third kappa shape index (κ3) is 2.50. The summed E-state index contributed by atoms with van der Waals surface area (Å²) in [6.45, 7) is 0. The SMILES string of the molecule is Fc1cnc(Cl)nc1Sc1ncnc2ccccc12. The Morgan fingerprint density at radius 2 is 1.89 bits per heavy atom. The molecule has 0 aliphatic carbocycles. The van der Waals surface area contributed by atoms with Crippen LogP contribution in [0.15, 0.2) is 46.8 Å². The summed E-state index contributed by atoms with van der Waals surface area (Å²) in [5.74, 6) is -0.530. The van der Waals surface area contributed by atoms with E-state index in [1.165, 1.54) is 6.33 Å². The smallest absolute Gasteiger partial charge is 0.223 e. The second kappa shape index (κ2) is 5.07. The molecule has 94 valence electrons. The van der Waals surface area contributed by atoms with Crippen LogP contribution < -0.4 is 0 Å². The van der Waals surface area contributed by atoms with E-state index in [4.69, 9.17) is 11.6 Å². The van der Waals surface area contributed by atoms with Crippen LogP contribution in [0.3, 0.4) is 0 Å². The standard InChI is InChI=1S/C12H6ClFN4S/c13-12-15-5-8(14)11(18-12)19-10-7-3-1-2-4-9(7)16-6-17-10/h1-6H. The van der Waals surface area contributed by atoms with Crippen molar-refractivity contribution in [2.75, 3.05) is 0 Å². The second-order valence-electron chi connectivity index (χ2n) is 3.59. The first kappa shape index (κ1) is 12.3. The highest BCUT2D eigenvalue weighted by molar-refractivity contribution is 7.99. The lowest BCUT2D eigenvalue weighted by atomic mass is 10.2. The van der Waals surface area contributed by atoms with E-state index in [0.29, 0.717) is 5.03 Å². The van der Waals surface area contributed by atoms with Gasteiger partial charge in [0.1, 0.15) is 16.4 Å². The van der Waals surface area contributed by atoms with Gasteiger partial charge in [0.25, 0.3) is 0 Å². The summed E-state index contributed by atoms with van der Waals surface area (Å²) < 4.78 is 13.6. The van der Waals surface area contributed by atoms with E-state index in [1.54, 1.807) is 0 Å². The second-order valence-corrected chi connectivity index (χ2v) is 4.91. The van der Waals surface area contributed by atoms with Gasteiger partial charge in [-0.2, -0.15) is 0 Å². The molecule has 0 aliphatic heterocycles. The lowest BCUT2D eigenvalue weighted by Gasteiger charge is -2.04. The number of fused-ring (bicyclic) bond motifs is 1. The Hall–Kier alpha value is -1.79. The van der Waals surface area contributed by atoms with Gasteiger partial charge in [-0.05, 0) is 29.4 Å². The van der Waals surface area contributed by atoms with Crippen LogP contribution in [0.4, 0.5) is 4.39 Å². The van der Waals surface area contributed by atoms with Gasteiger partial charge in [-0.15, -0.1) is 0 Å². The fraction of sp³-hybridized carbons (Fsp3) is 0. The molecule has 1 aromatic carbocycles. The first-order valence-corrected chi connectivity index (χ1v) is 6.49. The zero-order valence-electron chi connectivity index (χ0n) is 9.42. The quantitative estimate of drug-likeness (QED) is 0.535. The number of aromatic nitrogens is 4. The number of benzene rings is 1. The van der Waals surface area contributed by atoms with Crippen LogP contribution in [0, 0.1) is 5.82 Å². The molecule has 0 fully saturated rings. The lowest BCUT2D eigenvalue weighted by Crippen LogP contribution is -1.92. The summed E-state index contributed by atoms with van der Waals surface area (Å²) in [6, 6.07) is 7.49. The number of hydrogen-bond acceptors (Lipinski definition) is 5. The van der Waals surface area contributed by atoms with Crippen molar-refractivity contribution in [2.24, 2.45) is 0 Å². The zero-order valence-corrected chi connectivity index (χ0v) is 11.0. The van der Waals surface area contributed by atoms with Gasteiger partial charge >= 0.3 is 0 Å². The molecule has 2 aromatic heterocycles. The van der Waals surface area contributed by atoms with Crippen LogP contribution in [0.5, 0.6) is 0 Å². The maximum absolute atomic E-state index is 13.6. The fourth-order valence-corrected chi connectivity index (χ4v) is 2.59. The Morgan fingerprint density at radius 3 is 2.79 bits per heavy atom. The van der Waals surface area contributed by atoms with Crippen LogP contribution in [0.25, 0.3) is 10.9 Å². The van der Waals surface area contributed by atoms with Crippen LogP contribution in [-0.2, 0) is 0 Å². The Balaban J connectivity index is 2.08. The van der Waals surface area contributed by atoms with Crippen LogP contribution in [0.1, 0.15) is 0 Å². The first-order chi connectivity index (χ1) is 9.24. The van der Waals surface area contributed by atoms with E-state index in [9.17, 15) is 4.39 Å². The number of rotatable bonds is 2. The molecule has 0 bridgehead atoms. The topological polar surface area (TPSA) is 51.6 Å². The molecule has 4 nitrogen and oxygen atoms in total. The van der Waals surface area contributed by atoms with Gasteiger partial charge in [0.2, 0.25) is 5.28 Å². The molecular formula is C12H6ClFN4S. The van der Waals surface area contributed by atoms with Gasteiger partial charge in [0, 0.05) is 5.39 Å². The highest BCUT2D eigenvalue weighted by Gasteiger charge is 2.11. The van der Waals surface area contributed by atoms with Gasteiger partial charge < -0.3 is 0 Å². The molecule has 0 aliphatic rings. The highest BCUT2D eigenvalue weighted by atomic mass is 35.5. The van der Waals surface area contributed by atoms with E-state index < -0.39 is 5.82 Å². The largest absolute Gasteiger partial charge is 0.236 e. The maximum atomic E-state index is 13.6. The molecule has 3 aromatic rings. The normalized spacial score (nSPS) is 10.8. The molecule has 0 saturated heterocycles. The number of halogens is 2. The molecule has 7 heteroatoms. The summed E-state index contributed by atoms with van der Waals surface area (Å²) in [5, 5.41) is 1.61. The molecule has 0 N–H and O–H groups in total. The third-order valence-electron chi connectivity index (χ3n) is 2.38. The lowest BCUT2D eigenvalue weighted by molar-refractivity contribution is 0.579. The summed E-state index contributed by atoms with van der Waals surface area (Å²) in [4.78, 5) is 15.7. The molecular weight excluding hydrogens is 287 g/mol. The highest BCUT2D eigenvalue weighted by Crippen LogP contribution is 2.31. The minimum atomic E-state index is -0.530. The summed E-state index contributed by atoms with van der Waals surface area (Å²) in [5.41, 5.74) is 0.792. The Labute approximate surface area is 117 Å². The predicted octanol–water partition coefficient (Wildman–Crippen LogP) is 3.36. The average Bonchev–Trinajstić information content (AvgIpc) is 2.43.